The second-order valence-electron chi connectivity index (χ2n) is 5.65. The molecule has 2 rings (SSSR count). The average molecular weight is 394 g/mol. The molecule has 0 aromatic carbocycles. The number of carbonyl (C=O) groups excluding carboxylic acids is 3. The maximum atomic E-state index is 12.4. The number of carbonyl (C=O) groups is 3. The van der Waals surface area contributed by atoms with E-state index in [1.54, 1.807) is 30.0 Å². The van der Waals surface area contributed by atoms with Gasteiger partial charge in [-0.3, -0.25) is 14.7 Å². The molecule has 0 fully saturated rings. The number of hydrogen-bond acceptors (Lipinski definition) is 10. The fourth-order valence-corrected chi connectivity index (χ4v) is 3.24. The van der Waals surface area contributed by atoms with E-state index in [0.29, 0.717) is 22.1 Å². The monoisotopic (exact) mass is 394 g/mol. The molecule has 1 aromatic rings. The van der Waals surface area contributed by atoms with Crippen LogP contribution in [-0.4, -0.2) is 85.8 Å². The van der Waals surface area contributed by atoms with Crippen LogP contribution in [0.2, 0.25) is 0 Å². The van der Waals surface area contributed by atoms with Gasteiger partial charge in [-0.15, -0.1) is 11.3 Å². The summed E-state index contributed by atoms with van der Waals surface area (Å²) in [4.78, 5) is 47.4. The van der Waals surface area contributed by atoms with Gasteiger partial charge in [-0.1, -0.05) is 0 Å². The molecule has 0 N–H and O–H groups in total. The number of esters is 2. The maximum Gasteiger partial charge on any atom is 0.337 e. The largest absolute Gasteiger partial charge is 0.468 e. The molecular weight excluding hydrogens is 372 g/mol. The fourth-order valence-electron chi connectivity index (χ4n) is 2.59. The summed E-state index contributed by atoms with van der Waals surface area (Å²) in [7, 11) is 3.03. The lowest BCUT2D eigenvalue weighted by molar-refractivity contribution is -0.141. The third-order valence-corrected chi connectivity index (χ3v) is 4.53. The summed E-state index contributed by atoms with van der Waals surface area (Å²) in [6, 6.07) is 0. The van der Waals surface area contributed by atoms with E-state index in [1.807, 2.05) is 5.38 Å². The van der Waals surface area contributed by atoms with Crippen LogP contribution >= 0.6 is 11.3 Å². The van der Waals surface area contributed by atoms with Crippen LogP contribution in [0.1, 0.15) is 11.9 Å². The van der Waals surface area contributed by atoms with Gasteiger partial charge in [0.15, 0.2) is 10.8 Å². The zero-order chi connectivity index (χ0) is 19.8. The first kappa shape index (κ1) is 20.7. The first-order chi connectivity index (χ1) is 13.0. The molecule has 2 heterocycles. The van der Waals surface area contributed by atoms with Gasteiger partial charge < -0.3 is 19.2 Å². The lowest BCUT2D eigenvalue weighted by atomic mass is 10.1. The summed E-state index contributed by atoms with van der Waals surface area (Å²) in [6.07, 6.45) is 2.38. The van der Waals surface area contributed by atoms with Crippen molar-refractivity contribution in [3.05, 3.63) is 27.9 Å². The van der Waals surface area contributed by atoms with E-state index in [0.717, 1.165) is 6.29 Å². The highest BCUT2D eigenvalue weighted by Gasteiger charge is 2.30. The lowest BCUT2D eigenvalue weighted by Crippen LogP contribution is -2.43. The molecule has 0 atom stereocenters. The second-order valence-corrected chi connectivity index (χ2v) is 6.54. The Morgan fingerprint density at radius 1 is 1.44 bits per heavy atom. The van der Waals surface area contributed by atoms with Crippen molar-refractivity contribution in [2.45, 2.75) is 6.92 Å². The number of likely N-dealkylation sites (N-methyl/N-ethyl adjacent to an activating group) is 1. The van der Waals surface area contributed by atoms with Crippen molar-refractivity contribution in [2.75, 3.05) is 46.9 Å². The minimum absolute atomic E-state index is 0.00269. The van der Waals surface area contributed by atoms with E-state index in [-0.39, 0.29) is 32.8 Å². The molecule has 0 amide bonds. The van der Waals surface area contributed by atoms with Crippen LogP contribution in [-0.2, 0) is 23.9 Å². The number of aromatic nitrogens is 1. The summed E-state index contributed by atoms with van der Waals surface area (Å²) in [5.41, 5.74) is 0.919. The Morgan fingerprint density at radius 2 is 2.22 bits per heavy atom. The zero-order valence-electron chi connectivity index (χ0n) is 15.5. The smallest absolute Gasteiger partial charge is 0.337 e. The summed E-state index contributed by atoms with van der Waals surface area (Å²) < 4.78 is 9.83. The predicted octanol–water partition coefficient (Wildman–Crippen LogP) is 0.326. The average Bonchev–Trinajstić information content (AvgIpc) is 3.17. The van der Waals surface area contributed by atoms with Gasteiger partial charge in [0, 0.05) is 23.8 Å². The molecule has 0 radical (unpaired) electrons. The topological polar surface area (TPSA) is 101 Å². The van der Waals surface area contributed by atoms with Crippen LogP contribution in [0.4, 0.5) is 0 Å². The molecule has 0 aliphatic carbocycles. The van der Waals surface area contributed by atoms with Crippen molar-refractivity contribution in [3.8, 4) is 0 Å². The highest BCUT2D eigenvalue weighted by Crippen LogP contribution is 2.23. The number of methoxy groups -OCH3 is 1. The second kappa shape index (κ2) is 9.93. The van der Waals surface area contributed by atoms with Crippen LogP contribution < -0.4 is 0 Å². The number of amidine groups is 1. The summed E-state index contributed by atoms with van der Waals surface area (Å²) >= 11 is 1.39. The number of rotatable bonds is 9. The third-order valence-electron chi connectivity index (χ3n) is 3.77. The van der Waals surface area contributed by atoms with E-state index >= 15 is 0 Å². The quantitative estimate of drug-likeness (QED) is 0.436. The van der Waals surface area contributed by atoms with E-state index in [4.69, 9.17) is 4.74 Å². The Bertz CT molecular complexity index is 745. The number of hydrogen-bond donors (Lipinski definition) is 0. The number of ether oxygens (including phenoxy) is 2. The molecular formula is C17H22N4O5S. The van der Waals surface area contributed by atoms with Crippen LogP contribution in [0.3, 0.4) is 0 Å². The van der Waals surface area contributed by atoms with Crippen LogP contribution in [0.25, 0.3) is 0 Å². The summed E-state index contributed by atoms with van der Waals surface area (Å²) in [5.74, 6) is -0.370. The molecule has 10 heteroatoms. The Balaban J connectivity index is 2.39. The summed E-state index contributed by atoms with van der Waals surface area (Å²) in [5, 5.41) is 2.46. The lowest BCUT2D eigenvalue weighted by Gasteiger charge is -2.33. The van der Waals surface area contributed by atoms with Crippen LogP contribution in [0.15, 0.2) is 27.8 Å². The Morgan fingerprint density at radius 3 is 2.81 bits per heavy atom. The summed E-state index contributed by atoms with van der Waals surface area (Å²) in [6.45, 7) is 2.34. The zero-order valence-corrected chi connectivity index (χ0v) is 16.3. The predicted molar refractivity (Wildman–Crippen MR) is 99.5 cm³/mol. The molecule has 1 aliphatic heterocycles. The molecule has 0 saturated heterocycles. The maximum absolute atomic E-state index is 12.4. The van der Waals surface area contributed by atoms with E-state index < -0.39 is 11.9 Å². The fraction of sp³-hybridized carbons (Fsp3) is 0.471. The van der Waals surface area contributed by atoms with Crippen molar-refractivity contribution in [2.24, 2.45) is 4.99 Å². The number of aldehydes is 1. The van der Waals surface area contributed by atoms with Gasteiger partial charge in [-0.2, -0.15) is 0 Å². The van der Waals surface area contributed by atoms with Crippen molar-refractivity contribution in [3.63, 3.8) is 0 Å². The van der Waals surface area contributed by atoms with Gasteiger partial charge in [-0.05, 0) is 14.0 Å². The number of aliphatic imine (C=N–C) groups is 1. The highest BCUT2D eigenvalue weighted by atomic mass is 32.1. The van der Waals surface area contributed by atoms with Gasteiger partial charge in [0.2, 0.25) is 0 Å². The number of thiazole rings is 1. The number of nitrogens with zero attached hydrogens (tertiary/aromatic N) is 4. The Kier molecular flexibility index (Phi) is 7.62. The molecule has 0 bridgehead atoms. The SMILES string of the molecule is CCOC(=O)C1=C(CN(C)CC(=O)OC)N(CC=O)C(c2nccs2)=NC1. The van der Waals surface area contributed by atoms with Gasteiger partial charge >= 0.3 is 11.9 Å². The van der Waals surface area contributed by atoms with Crippen LogP contribution in [0, 0.1) is 0 Å². The molecule has 1 aromatic heterocycles. The van der Waals surface area contributed by atoms with E-state index in [9.17, 15) is 14.4 Å². The molecule has 0 spiro atoms. The highest BCUT2D eigenvalue weighted by molar-refractivity contribution is 7.11. The van der Waals surface area contributed by atoms with E-state index in [1.165, 1.54) is 18.4 Å². The van der Waals surface area contributed by atoms with Gasteiger partial charge in [0.25, 0.3) is 0 Å². The Labute approximate surface area is 161 Å². The minimum Gasteiger partial charge on any atom is -0.468 e. The van der Waals surface area contributed by atoms with Gasteiger partial charge in [-0.25, -0.2) is 9.78 Å². The van der Waals surface area contributed by atoms with E-state index in [2.05, 4.69) is 14.7 Å². The Hall–Kier alpha value is -2.59. The van der Waals surface area contributed by atoms with Gasteiger partial charge in [0.1, 0.15) is 6.29 Å². The first-order valence-corrected chi connectivity index (χ1v) is 9.19. The normalized spacial score (nSPS) is 14.2. The first-order valence-electron chi connectivity index (χ1n) is 8.31. The minimum atomic E-state index is -0.489. The third kappa shape index (κ3) is 5.20. The molecule has 146 valence electrons. The molecule has 27 heavy (non-hydrogen) atoms. The molecule has 0 unspecified atom stereocenters. The van der Waals surface area contributed by atoms with Crippen molar-refractivity contribution in [1.29, 1.82) is 0 Å². The van der Waals surface area contributed by atoms with Gasteiger partial charge in [0.05, 0.1) is 38.9 Å². The van der Waals surface area contributed by atoms with Crippen LogP contribution in [0.5, 0.6) is 0 Å². The van der Waals surface area contributed by atoms with Crippen molar-refractivity contribution >= 4 is 35.4 Å². The van der Waals surface area contributed by atoms with Crippen molar-refractivity contribution < 1.29 is 23.9 Å². The molecule has 9 nitrogen and oxygen atoms in total. The molecule has 0 saturated carbocycles. The molecule has 1 aliphatic rings. The van der Waals surface area contributed by atoms with Crippen molar-refractivity contribution in [1.82, 2.24) is 14.8 Å². The standard InChI is InChI=1S/C17H22N4O5S/c1-4-26-17(24)12-9-19-15(16-18-5-8-27-16)21(6-7-22)13(12)10-20(2)11-14(23)25-3/h5,7-8H,4,6,9-11H2,1-3H3.